The summed E-state index contributed by atoms with van der Waals surface area (Å²) in [7, 11) is 3.14. The average Bonchev–Trinajstić information content (AvgIpc) is 2.75. The first-order valence-corrected chi connectivity index (χ1v) is 9.82. The first kappa shape index (κ1) is 22.2. The van der Waals surface area contributed by atoms with E-state index >= 15 is 0 Å². The highest BCUT2D eigenvalue weighted by molar-refractivity contribution is 7.80. The van der Waals surface area contributed by atoms with Gasteiger partial charge in [0.15, 0.2) is 16.6 Å². The minimum atomic E-state index is -0.334. The lowest BCUT2D eigenvalue weighted by Gasteiger charge is -2.11. The monoisotopic (exact) mass is 413 g/mol. The van der Waals surface area contributed by atoms with Crippen molar-refractivity contribution >= 4 is 35.0 Å². The van der Waals surface area contributed by atoms with E-state index < -0.39 is 0 Å². The Morgan fingerprint density at radius 1 is 1.03 bits per heavy atom. The first-order valence-electron chi connectivity index (χ1n) is 9.41. The molecule has 0 saturated heterocycles. The lowest BCUT2D eigenvalue weighted by molar-refractivity contribution is -0.116. The molecule has 0 aliphatic rings. The fourth-order valence-corrected chi connectivity index (χ4v) is 2.76. The highest BCUT2D eigenvalue weighted by atomic mass is 32.1. The van der Waals surface area contributed by atoms with Crippen molar-refractivity contribution in [1.82, 2.24) is 10.9 Å². The predicted molar refractivity (Wildman–Crippen MR) is 121 cm³/mol. The zero-order valence-corrected chi connectivity index (χ0v) is 17.8. The van der Waals surface area contributed by atoms with Gasteiger partial charge in [0.25, 0.3) is 5.91 Å². The van der Waals surface area contributed by atoms with Gasteiger partial charge in [0.05, 0.1) is 14.2 Å². The molecule has 0 atom stereocenters. The van der Waals surface area contributed by atoms with Crippen LogP contribution in [0, 0.1) is 0 Å². The molecule has 0 aromatic heterocycles. The Kier molecular flexibility index (Phi) is 8.98. The molecule has 0 bridgehead atoms. The van der Waals surface area contributed by atoms with Crippen LogP contribution in [0.15, 0.2) is 48.5 Å². The van der Waals surface area contributed by atoms with Crippen molar-refractivity contribution in [1.29, 1.82) is 0 Å². The number of carbonyl (C=O) groups excluding carboxylic acids is 1. The number of hydrogen-bond acceptors (Lipinski definition) is 4. The van der Waals surface area contributed by atoms with Gasteiger partial charge in [-0.05, 0) is 66.5 Å². The quantitative estimate of drug-likeness (QED) is 0.344. The van der Waals surface area contributed by atoms with Crippen LogP contribution in [0.5, 0.6) is 11.5 Å². The molecule has 7 heteroatoms. The van der Waals surface area contributed by atoms with Gasteiger partial charge in [0, 0.05) is 11.8 Å². The molecular formula is C22H27N3O3S. The largest absolute Gasteiger partial charge is 0.493 e. The molecular weight excluding hydrogens is 386 g/mol. The Bertz CT molecular complexity index is 851. The van der Waals surface area contributed by atoms with Crippen LogP contribution >= 0.6 is 12.2 Å². The van der Waals surface area contributed by atoms with E-state index in [1.54, 1.807) is 32.4 Å². The second kappa shape index (κ2) is 11.7. The summed E-state index contributed by atoms with van der Waals surface area (Å²) < 4.78 is 10.4. The van der Waals surface area contributed by atoms with Gasteiger partial charge < -0.3 is 14.8 Å². The number of methoxy groups -OCH3 is 2. The molecule has 2 aromatic carbocycles. The summed E-state index contributed by atoms with van der Waals surface area (Å²) in [4.78, 5) is 12.0. The van der Waals surface area contributed by atoms with Crippen molar-refractivity contribution in [2.75, 3.05) is 19.5 Å². The number of thiocarbonyl (C=S) groups is 1. The van der Waals surface area contributed by atoms with Gasteiger partial charge in [-0.2, -0.15) is 0 Å². The maximum Gasteiger partial charge on any atom is 0.262 e. The van der Waals surface area contributed by atoms with Gasteiger partial charge in [0.1, 0.15) is 0 Å². The number of rotatable bonds is 8. The minimum Gasteiger partial charge on any atom is -0.493 e. The number of unbranched alkanes of at least 4 members (excludes halogenated alkanes) is 1. The zero-order valence-electron chi connectivity index (χ0n) is 17.0. The van der Waals surface area contributed by atoms with Crippen molar-refractivity contribution in [3.05, 3.63) is 59.7 Å². The first-order chi connectivity index (χ1) is 14.0. The SMILES string of the molecule is CCCCc1ccc(NC(=S)NNC(=O)/C=C/c2ccc(OC)c(OC)c2)cc1. The summed E-state index contributed by atoms with van der Waals surface area (Å²) in [6, 6.07) is 13.5. The van der Waals surface area contributed by atoms with Crippen molar-refractivity contribution in [3.8, 4) is 11.5 Å². The number of nitrogens with one attached hydrogen (secondary N) is 3. The van der Waals surface area contributed by atoms with Crippen molar-refractivity contribution < 1.29 is 14.3 Å². The highest BCUT2D eigenvalue weighted by Gasteiger charge is 2.04. The molecule has 2 rings (SSSR count). The van der Waals surface area contributed by atoms with E-state index in [0.717, 1.165) is 17.7 Å². The maximum atomic E-state index is 12.0. The number of benzene rings is 2. The molecule has 29 heavy (non-hydrogen) atoms. The molecule has 0 aliphatic carbocycles. The smallest absolute Gasteiger partial charge is 0.262 e. The molecule has 0 saturated carbocycles. The lowest BCUT2D eigenvalue weighted by Crippen LogP contribution is -2.43. The number of carbonyl (C=O) groups is 1. The lowest BCUT2D eigenvalue weighted by atomic mass is 10.1. The van der Waals surface area contributed by atoms with Crippen molar-refractivity contribution in [3.63, 3.8) is 0 Å². The van der Waals surface area contributed by atoms with Crippen LogP contribution in [0.1, 0.15) is 30.9 Å². The Morgan fingerprint density at radius 3 is 2.41 bits per heavy atom. The normalized spacial score (nSPS) is 10.4. The molecule has 0 fully saturated rings. The van der Waals surface area contributed by atoms with E-state index in [2.05, 4.69) is 35.2 Å². The average molecular weight is 414 g/mol. The Morgan fingerprint density at radius 2 is 1.76 bits per heavy atom. The van der Waals surface area contributed by atoms with E-state index in [1.807, 2.05) is 18.2 Å². The van der Waals surface area contributed by atoms with E-state index in [9.17, 15) is 4.79 Å². The standard InChI is InChI=1S/C22H27N3O3S/c1-4-5-6-16-7-11-18(12-8-16)23-22(29)25-24-21(26)14-10-17-9-13-19(27-2)20(15-17)28-3/h7-15H,4-6H2,1-3H3,(H,24,26)(H2,23,25,29)/b14-10+. The topological polar surface area (TPSA) is 71.6 Å². The van der Waals surface area contributed by atoms with Gasteiger partial charge in [-0.3, -0.25) is 15.6 Å². The molecule has 0 radical (unpaired) electrons. The predicted octanol–water partition coefficient (Wildman–Crippen LogP) is 4.08. The van der Waals surface area contributed by atoms with Gasteiger partial charge in [-0.15, -0.1) is 0 Å². The van der Waals surface area contributed by atoms with Gasteiger partial charge in [-0.1, -0.05) is 31.5 Å². The summed E-state index contributed by atoms with van der Waals surface area (Å²) in [5.41, 5.74) is 8.17. The summed E-state index contributed by atoms with van der Waals surface area (Å²) in [5.74, 6) is 0.892. The number of aryl methyl sites for hydroxylation is 1. The minimum absolute atomic E-state index is 0.305. The summed E-state index contributed by atoms with van der Waals surface area (Å²) in [5, 5.41) is 3.34. The van der Waals surface area contributed by atoms with E-state index in [1.165, 1.54) is 24.5 Å². The van der Waals surface area contributed by atoms with Crippen LogP contribution < -0.4 is 25.6 Å². The number of anilines is 1. The third kappa shape index (κ3) is 7.46. The third-order valence-corrected chi connectivity index (χ3v) is 4.37. The summed E-state index contributed by atoms with van der Waals surface area (Å²) in [6.45, 7) is 2.18. The number of hydrogen-bond donors (Lipinski definition) is 3. The Balaban J connectivity index is 1.81. The molecule has 0 spiro atoms. The molecule has 3 N–H and O–H groups in total. The molecule has 0 aliphatic heterocycles. The fourth-order valence-electron chi connectivity index (χ4n) is 2.59. The third-order valence-electron chi connectivity index (χ3n) is 4.16. The Hall–Kier alpha value is -3.06. The van der Waals surface area contributed by atoms with Crippen LogP contribution in [0.25, 0.3) is 6.08 Å². The van der Waals surface area contributed by atoms with Crippen LogP contribution in [0.4, 0.5) is 5.69 Å². The second-order valence-corrected chi connectivity index (χ2v) is 6.72. The molecule has 2 aromatic rings. The molecule has 0 heterocycles. The number of hydrazine groups is 1. The molecule has 154 valence electrons. The van der Waals surface area contributed by atoms with Crippen LogP contribution in [0.2, 0.25) is 0 Å². The highest BCUT2D eigenvalue weighted by Crippen LogP contribution is 2.27. The van der Waals surface area contributed by atoms with Crippen molar-refractivity contribution in [2.24, 2.45) is 0 Å². The second-order valence-electron chi connectivity index (χ2n) is 6.32. The fraction of sp³-hybridized carbons (Fsp3) is 0.273. The summed E-state index contributed by atoms with van der Waals surface area (Å²) >= 11 is 5.20. The maximum absolute atomic E-state index is 12.0. The van der Waals surface area contributed by atoms with E-state index in [0.29, 0.717) is 16.6 Å². The van der Waals surface area contributed by atoms with Crippen LogP contribution in [-0.2, 0) is 11.2 Å². The van der Waals surface area contributed by atoms with Gasteiger partial charge >= 0.3 is 0 Å². The van der Waals surface area contributed by atoms with Crippen LogP contribution in [-0.4, -0.2) is 25.2 Å². The number of amides is 1. The molecule has 0 unspecified atom stereocenters. The zero-order chi connectivity index (χ0) is 21.1. The van der Waals surface area contributed by atoms with Crippen molar-refractivity contribution in [2.45, 2.75) is 26.2 Å². The molecule has 6 nitrogen and oxygen atoms in total. The Labute approximate surface area is 177 Å². The molecule has 1 amide bonds. The van der Waals surface area contributed by atoms with Gasteiger partial charge in [-0.25, -0.2) is 0 Å². The van der Waals surface area contributed by atoms with E-state index in [4.69, 9.17) is 21.7 Å². The number of ether oxygens (including phenoxy) is 2. The van der Waals surface area contributed by atoms with Gasteiger partial charge in [0.2, 0.25) is 0 Å². The summed E-state index contributed by atoms with van der Waals surface area (Å²) in [6.07, 6.45) is 6.50. The van der Waals surface area contributed by atoms with E-state index in [-0.39, 0.29) is 5.91 Å². The van der Waals surface area contributed by atoms with Crippen LogP contribution in [0.3, 0.4) is 0 Å².